The minimum Gasteiger partial charge on any atom is -0.465 e. The van der Waals surface area contributed by atoms with Gasteiger partial charge in [-0.25, -0.2) is 8.42 Å². The van der Waals surface area contributed by atoms with E-state index in [4.69, 9.17) is 4.74 Å². The van der Waals surface area contributed by atoms with Crippen molar-refractivity contribution in [3.63, 3.8) is 0 Å². The van der Waals surface area contributed by atoms with Crippen LogP contribution < -0.4 is 0 Å². The fourth-order valence-electron chi connectivity index (χ4n) is 1.55. The van der Waals surface area contributed by atoms with Crippen LogP contribution in [0.3, 0.4) is 0 Å². The lowest BCUT2D eigenvalue weighted by Gasteiger charge is -2.05. The molecule has 0 unspecified atom stereocenters. The molecule has 0 aromatic carbocycles. The van der Waals surface area contributed by atoms with Crippen LogP contribution in [0.2, 0.25) is 0 Å². The molecule has 0 heterocycles. The highest BCUT2D eigenvalue weighted by Gasteiger charge is 2.09. The van der Waals surface area contributed by atoms with Crippen LogP contribution in [0.4, 0.5) is 0 Å². The summed E-state index contributed by atoms with van der Waals surface area (Å²) in [6.45, 7) is 3.75. The topological polar surface area (TPSA) is 60.4 Å². The molecular weight excluding hydrogens is 252 g/mol. The van der Waals surface area contributed by atoms with E-state index in [0.29, 0.717) is 6.42 Å². The van der Waals surface area contributed by atoms with E-state index in [1.807, 2.05) is 0 Å². The van der Waals surface area contributed by atoms with E-state index in [0.717, 1.165) is 19.3 Å². The fourth-order valence-corrected chi connectivity index (χ4v) is 2.17. The van der Waals surface area contributed by atoms with Crippen molar-refractivity contribution >= 4 is 15.8 Å². The summed E-state index contributed by atoms with van der Waals surface area (Å²) in [5, 5.41) is 0. The predicted octanol–water partition coefficient (Wildman–Crippen LogP) is 2.71. The van der Waals surface area contributed by atoms with Crippen LogP contribution in [-0.4, -0.2) is 32.5 Å². The maximum Gasteiger partial charge on any atom is 0.305 e. The average molecular weight is 278 g/mol. The summed E-state index contributed by atoms with van der Waals surface area (Å²) in [4.78, 5) is 11.3. The number of hydrogen-bond donors (Lipinski definition) is 0. The van der Waals surface area contributed by atoms with Gasteiger partial charge < -0.3 is 4.74 Å². The van der Waals surface area contributed by atoms with E-state index in [2.05, 4.69) is 6.92 Å². The molecule has 0 bridgehead atoms. The van der Waals surface area contributed by atoms with Gasteiger partial charge in [-0.2, -0.15) is 0 Å². The molecule has 0 aliphatic rings. The van der Waals surface area contributed by atoms with Crippen molar-refractivity contribution in [3.8, 4) is 0 Å². The number of hydrogen-bond acceptors (Lipinski definition) is 4. The quantitative estimate of drug-likeness (QED) is 0.430. The maximum absolute atomic E-state index is 11.3. The van der Waals surface area contributed by atoms with Gasteiger partial charge in [0.25, 0.3) is 0 Å². The Kier molecular flexibility index (Phi) is 10.0. The van der Waals surface area contributed by atoms with E-state index in [1.165, 1.54) is 19.3 Å². The Balaban J connectivity index is 3.44. The zero-order chi connectivity index (χ0) is 13.9. The summed E-state index contributed by atoms with van der Waals surface area (Å²) in [5.41, 5.74) is 0. The van der Waals surface area contributed by atoms with Crippen LogP contribution in [-0.2, 0) is 19.4 Å². The first-order valence-corrected chi connectivity index (χ1v) is 8.70. The molecule has 0 rings (SSSR count). The first-order valence-electron chi connectivity index (χ1n) is 6.88. The molecule has 0 N–H and O–H groups in total. The van der Waals surface area contributed by atoms with Gasteiger partial charge >= 0.3 is 5.97 Å². The molecule has 0 amide bonds. The van der Waals surface area contributed by atoms with Gasteiger partial charge in [0.2, 0.25) is 0 Å². The monoisotopic (exact) mass is 278 g/mol. The molecule has 0 fully saturated rings. The van der Waals surface area contributed by atoms with Gasteiger partial charge in [-0.05, 0) is 6.42 Å². The summed E-state index contributed by atoms with van der Waals surface area (Å²) in [6, 6.07) is 0. The Morgan fingerprint density at radius 1 is 1.00 bits per heavy atom. The lowest BCUT2D eigenvalue weighted by molar-refractivity contribution is -0.143. The van der Waals surface area contributed by atoms with E-state index in [9.17, 15) is 13.2 Å². The standard InChI is InChI=1S/C13H26O4S/c1-3-5-6-7-8-9-10-13(14)17-11-12-18(15,16)4-2/h3-12H2,1-2H3. The third-order valence-corrected chi connectivity index (χ3v) is 4.50. The van der Waals surface area contributed by atoms with Gasteiger partial charge in [0.1, 0.15) is 6.61 Å². The molecule has 4 nitrogen and oxygen atoms in total. The molecule has 0 atom stereocenters. The van der Waals surface area contributed by atoms with Crippen molar-refractivity contribution in [1.29, 1.82) is 0 Å². The van der Waals surface area contributed by atoms with Crippen molar-refractivity contribution in [2.24, 2.45) is 0 Å². The summed E-state index contributed by atoms with van der Waals surface area (Å²) in [6.07, 6.45) is 7.13. The van der Waals surface area contributed by atoms with Crippen molar-refractivity contribution in [2.45, 2.75) is 58.8 Å². The first-order chi connectivity index (χ1) is 8.52. The number of sulfone groups is 1. The second kappa shape index (κ2) is 10.4. The van der Waals surface area contributed by atoms with Crippen molar-refractivity contribution in [2.75, 3.05) is 18.1 Å². The van der Waals surface area contributed by atoms with Gasteiger partial charge in [0.05, 0.1) is 5.75 Å². The first kappa shape index (κ1) is 17.4. The molecule has 0 saturated heterocycles. The highest BCUT2D eigenvalue weighted by atomic mass is 32.2. The number of unbranched alkanes of at least 4 members (excludes halogenated alkanes) is 5. The summed E-state index contributed by atoms with van der Waals surface area (Å²) >= 11 is 0. The summed E-state index contributed by atoms with van der Waals surface area (Å²) < 4.78 is 27.2. The fraction of sp³-hybridized carbons (Fsp3) is 0.923. The summed E-state index contributed by atoms with van der Waals surface area (Å²) in [5.74, 6) is -0.245. The van der Waals surface area contributed by atoms with Crippen LogP contribution in [0.1, 0.15) is 58.8 Å². The number of rotatable bonds is 11. The molecule has 18 heavy (non-hydrogen) atoms. The lowest BCUT2D eigenvalue weighted by atomic mass is 10.1. The molecule has 0 aliphatic heterocycles. The molecule has 0 saturated carbocycles. The number of ether oxygens (including phenoxy) is 1. The zero-order valence-electron chi connectivity index (χ0n) is 11.6. The molecular formula is C13H26O4S. The molecule has 0 aromatic heterocycles. The Morgan fingerprint density at radius 3 is 2.22 bits per heavy atom. The third kappa shape index (κ3) is 10.6. The Bertz CT molecular complexity index is 309. The van der Waals surface area contributed by atoms with Crippen LogP contribution in [0.25, 0.3) is 0 Å². The van der Waals surface area contributed by atoms with E-state index in [1.54, 1.807) is 6.92 Å². The zero-order valence-corrected chi connectivity index (χ0v) is 12.4. The van der Waals surface area contributed by atoms with Crippen molar-refractivity contribution < 1.29 is 17.9 Å². The van der Waals surface area contributed by atoms with Crippen LogP contribution in [0.5, 0.6) is 0 Å². The van der Waals surface area contributed by atoms with Crippen molar-refractivity contribution in [1.82, 2.24) is 0 Å². The molecule has 0 spiro atoms. The number of esters is 1. The Morgan fingerprint density at radius 2 is 1.61 bits per heavy atom. The minimum atomic E-state index is -3.03. The Hall–Kier alpha value is -0.580. The van der Waals surface area contributed by atoms with Gasteiger partial charge in [0.15, 0.2) is 9.84 Å². The van der Waals surface area contributed by atoms with Crippen LogP contribution >= 0.6 is 0 Å². The van der Waals surface area contributed by atoms with Crippen LogP contribution in [0, 0.1) is 0 Å². The van der Waals surface area contributed by atoms with E-state index >= 15 is 0 Å². The maximum atomic E-state index is 11.3. The predicted molar refractivity (Wildman–Crippen MR) is 73.3 cm³/mol. The van der Waals surface area contributed by atoms with Gasteiger partial charge in [0, 0.05) is 12.2 Å². The highest BCUT2D eigenvalue weighted by molar-refractivity contribution is 7.91. The Labute approximate surface area is 111 Å². The van der Waals surface area contributed by atoms with Crippen molar-refractivity contribution in [3.05, 3.63) is 0 Å². The SMILES string of the molecule is CCCCCCCCC(=O)OCCS(=O)(=O)CC. The number of carbonyl (C=O) groups is 1. The minimum absolute atomic E-state index is 0.00909. The molecule has 0 aliphatic carbocycles. The van der Waals surface area contributed by atoms with E-state index < -0.39 is 9.84 Å². The van der Waals surface area contributed by atoms with Crippen LogP contribution in [0.15, 0.2) is 0 Å². The van der Waals surface area contributed by atoms with Gasteiger partial charge in [-0.1, -0.05) is 46.0 Å². The molecule has 0 radical (unpaired) electrons. The van der Waals surface area contributed by atoms with E-state index in [-0.39, 0.29) is 24.1 Å². The molecule has 5 heteroatoms. The number of carbonyl (C=O) groups excluding carboxylic acids is 1. The molecule has 0 aromatic rings. The van der Waals surface area contributed by atoms with Gasteiger partial charge in [-0.15, -0.1) is 0 Å². The highest BCUT2D eigenvalue weighted by Crippen LogP contribution is 2.07. The molecule has 108 valence electrons. The second-order valence-electron chi connectivity index (χ2n) is 4.47. The third-order valence-electron chi connectivity index (χ3n) is 2.83. The summed E-state index contributed by atoms with van der Waals surface area (Å²) in [7, 11) is -3.03. The lowest BCUT2D eigenvalue weighted by Crippen LogP contribution is -2.16. The second-order valence-corrected chi connectivity index (χ2v) is 6.95. The van der Waals surface area contributed by atoms with Gasteiger partial charge in [-0.3, -0.25) is 4.79 Å². The average Bonchev–Trinajstić information content (AvgIpc) is 2.33. The smallest absolute Gasteiger partial charge is 0.305 e. The normalized spacial score (nSPS) is 11.4. The largest absolute Gasteiger partial charge is 0.465 e.